The number of aldehydes is 1. The van der Waals surface area contributed by atoms with Crippen LogP contribution in [0.1, 0.15) is 139 Å². The van der Waals surface area contributed by atoms with Gasteiger partial charge in [-0.15, -0.1) is 0 Å². The van der Waals surface area contributed by atoms with Gasteiger partial charge < -0.3 is 38.2 Å². The molecule has 5 aliphatic rings. The zero-order valence-corrected chi connectivity index (χ0v) is 45.6. The topological polar surface area (TPSA) is 227 Å². The highest BCUT2D eigenvalue weighted by molar-refractivity contribution is 6.01. The van der Waals surface area contributed by atoms with Crippen LogP contribution in [0.2, 0.25) is 0 Å². The van der Waals surface area contributed by atoms with Crippen molar-refractivity contribution in [2.24, 2.45) is 0 Å². The number of methoxy groups -OCH3 is 6. The summed E-state index contributed by atoms with van der Waals surface area (Å²) in [6.07, 6.45) is 10.2. The van der Waals surface area contributed by atoms with Gasteiger partial charge >= 0.3 is 6.03 Å². The van der Waals surface area contributed by atoms with E-state index in [9.17, 15) is 23.6 Å². The molecule has 4 aromatic heterocycles. The molecule has 0 spiro atoms. The summed E-state index contributed by atoms with van der Waals surface area (Å²) in [5.74, 6) is -0.148. The lowest BCUT2D eigenvalue weighted by molar-refractivity contribution is -0.137. The van der Waals surface area contributed by atoms with Crippen LogP contribution in [-0.4, -0.2) is 166 Å². The van der Waals surface area contributed by atoms with Gasteiger partial charge in [-0.3, -0.25) is 44.4 Å². The van der Waals surface area contributed by atoms with Crippen LogP contribution in [0.5, 0.6) is 0 Å². The van der Waals surface area contributed by atoms with E-state index >= 15 is 0 Å². The van der Waals surface area contributed by atoms with Gasteiger partial charge in [-0.25, -0.2) is 19.2 Å². The maximum atomic E-state index is 14.0. The van der Waals surface area contributed by atoms with Crippen LogP contribution in [0, 0.1) is 17.1 Å². The van der Waals surface area contributed by atoms with Crippen LogP contribution in [0.25, 0.3) is 0 Å². The highest BCUT2D eigenvalue weighted by Gasteiger charge is 2.32. The number of nitriles is 1. The standard InChI is InChI=1S/C24H28FN7O4.C18H27N3O3.C13H17NO3.2CH4.H2/c1-30-7-8-31(20(33)14-30)13-16-9-15-5-4-6-32(22(15)29-21(16)23(35-2)36-3)24(34)28-19-10-18(25)17(11-26)12-27-19;1-20-8-9-21(16(22)12-20)11-14-10-13-6-4-5-7-15(13)19-17(14)18(23-2)24-3;1-16-13(17-2)12-10(8-15)7-9-5-3-4-6-11(9)14-12;;;/h9-10,12,23H,4-8,13-14H2,1-3H3,(H,27,28,34);10,18H,4-9,11-12H2,1-3H3;7-8,13H,3-6H2,1-2H3;2*1H4;1H/i;;;;;1+1. The summed E-state index contributed by atoms with van der Waals surface area (Å²) in [5.41, 5.74) is 9.66. The number of halogens is 1. The summed E-state index contributed by atoms with van der Waals surface area (Å²) in [4.78, 5) is 76.4. The van der Waals surface area contributed by atoms with Gasteiger partial charge in [0.15, 0.2) is 6.29 Å². The highest BCUT2D eigenvalue weighted by atomic mass is 19.1. The summed E-state index contributed by atoms with van der Waals surface area (Å²) in [6.45, 7) is 5.17. The molecule has 0 saturated carbocycles. The monoisotopic (exact) mass is 1100 g/mol. The van der Waals surface area contributed by atoms with Crippen molar-refractivity contribution in [3.05, 3.63) is 104 Å². The Morgan fingerprint density at radius 2 is 1.14 bits per heavy atom. The average Bonchev–Trinajstić information content (AvgIpc) is 3.45. The number of likely N-dealkylation sites (N-methyl/N-ethyl adjacent to an activating group) is 2. The summed E-state index contributed by atoms with van der Waals surface area (Å²) in [6, 6.07) is 8.26. The number of piperazine rings is 2. The number of ether oxygens (including phenoxy) is 6. The van der Waals surface area contributed by atoms with Gasteiger partial charge in [-0.2, -0.15) is 5.26 Å². The average molecular weight is 1100 g/mol. The molecule has 2 aliphatic carbocycles. The van der Waals surface area contributed by atoms with Crippen LogP contribution < -0.4 is 10.2 Å². The predicted octanol–water partition coefficient (Wildman–Crippen LogP) is 7.15. The number of amides is 4. The van der Waals surface area contributed by atoms with Crippen LogP contribution in [0.3, 0.4) is 0 Å². The highest BCUT2D eigenvalue weighted by Crippen LogP contribution is 2.33. The van der Waals surface area contributed by atoms with Crippen molar-refractivity contribution in [1.29, 1.82) is 5.26 Å². The Bertz CT molecular complexity index is 2780. The Kier molecular flexibility index (Phi) is 24.3. The SMILES string of the molecule is C.C.COC(OC)c1nc2c(cc1C=O)CCCC2.COC(OC)c1nc2c(cc1CN1CCN(C)CC1=O)CCCC2.COC(OC)c1nc2c(cc1CN1CCN(C)CC1=O)CCCN2C(=O)Nc1cc(F)c(C#N)cn1.[2HH]. The number of urea groups is 1. The second-order valence-corrected chi connectivity index (χ2v) is 19.6. The van der Waals surface area contributed by atoms with Gasteiger partial charge in [0.05, 0.1) is 19.3 Å². The number of carbonyl (C=O) groups is 4. The number of aryl methyl sites for hydroxylation is 5. The number of pyridine rings is 4. The Morgan fingerprint density at radius 1 is 0.671 bits per heavy atom. The molecule has 7 heterocycles. The lowest BCUT2D eigenvalue weighted by atomic mass is 9.93. The third-order valence-corrected chi connectivity index (χ3v) is 14.3. The summed E-state index contributed by atoms with van der Waals surface area (Å²) in [7, 11) is 13.2. The molecule has 2 saturated heterocycles. The normalized spacial score (nSPS) is 16.3. The van der Waals surface area contributed by atoms with E-state index in [1.807, 2.05) is 36.0 Å². The predicted molar refractivity (Wildman–Crippen MR) is 297 cm³/mol. The number of nitrogens with zero attached hydrogens (tertiary/aromatic N) is 10. The number of anilines is 2. The van der Waals surface area contributed by atoms with Crippen molar-refractivity contribution in [3.8, 4) is 6.07 Å². The van der Waals surface area contributed by atoms with Gasteiger partial charge in [0.25, 0.3) is 0 Å². The van der Waals surface area contributed by atoms with E-state index < -0.39 is 30.7 Å². The molecule has 4 aromatic rings. The first kappa shape index (κ1) is 63.4. The number of aromatic nitrogens is 4. The number of rotatable bonds is 15. The number of carbonyl (C=O) groups excluding carboxylic acids is 4. The van der Waals surface area contributed by atoms with Gasteiger partial charge in [0, 0.05) is 113 Å². The molecular formula is C57H82FN11O10. The van der Waals surface area contributed by atoms with Crippen molar-refractivity contribution >= 4 is 35.8 Å². The fourth-order valence-corrected chi connectivity index (χ4v) is 10.2. The molecule has 0 unspecified atom stereocenters. The largest absolute Gasteiger partial charge is 0.350 e. The molecular weight excluding hydrogens is 1020 g/mol. The summed E-state index contributed by atoms with van der Waals surface area (Å²) >= 11 is 0. The minimum Gasteiger partial charge on any atom is -0.350 e. The van der Waals surface area contributed by atoms with Crippen molar-refractivity contribution in [1.82, 2.24) is 39.5 Å². The van der Waals surface area contributed by atoms with Crippen molar-refractivity contribution in [2.45, 2.75) is 111 Å². The summed E-state index contributed by atoms with van der Waals surface area (Å²) in [5, 5.41) is 11.5. The van der Waals surface area contributed by atoms with Gasteiger partial charge in [-0.05, 0) is 118 Å². The van der Waals surface area contributed by atoms with Crippen LogP contribution in [0.4, 0.5) is 20.8 Å². The molecule has 0 atom stereocenters. The molecule has 79 heavy (non-hydrogen) atoms. The van der Waals surface area contributed by atoms with E-state index in [1.54, 1.807) is 39.4 Å². The van der Waals surface area contributed by atoms with Crippen LogP contribution in [0.15, 0.2) is 30.5 Å². The molecule has 432 valence electrons. The Morgan fingerprint density at radius 3 is 1.63 bits per heavy atom. The maximum Gasteiger partial charge on any atom is 0.328 e. The number of nitrogens with one attached hydrogen (secondary N) is 1. The quantitative estimate of drug-likeness (QED) is 0.0921. The Hall–Kier alpha value is -6.42. The van der Waals surface area contributed by atoms with Gasteiger partial charge in [0.1, 0.15) is 46.2 Å². The fourth-order valence-electron chi connectivity index (χ4n) is 10.2. The van der Waals surface area contributed by atoms with Crippen molar-refractivity contribution < 1.29 is 53.4 Å². The summed E-state index contributed by atoms with van der Waals surface area (Å²) < 4.78 is 46.2. The minimum absolute atomic E-state index is 0. The van der Waals surface area contributed by atoms with Gasteiger partial charge in [0.2, 0.25) is 30.7 Å². The number of hydrogen-bond acceptors (Lipinski definition) is 17. The van der Waals surface area contributed by atoms with Crippen molar-refractivity contribution in [3.63, 3.8) is 0 Å². The van der Waals surface area contributed by atoms with Crippen molar-refractivity contribution in [2.75, 3.05) is 113 Å². The Labute approximate surface area is 466 Å². The maximum absolute atomic E-state index is 14.0. The first-order chi connectivity index (χ1) is 37.3. The smallest absolute Gasteiger partial charge is 0.328 e. The molecule has 0 aromatic carbocycles. The molecule has 9 rings (SSSR count). The molecule has 2 fully saturated rings. The zero-order chi connectivity index (χ0) is 55.2. The molecule has 4 amide bonds. The lowest BCUT2D eigenvalue weighted by Crippen LogP contribution is -2.48. The minimum atomic E-state index is -0.797. The molecule has 22 heteroatoms. The van der Waals surface area contributed by atoms with E-state index in [-0.39, 0.29) is 39.5 Å². The molecule has 1 N–H and O–H groups in total. The second kappa shape index (κ2) is 30.2. The lowest BCUT2D eigenvalue weighted by Gasteiger charge is -2.34. The molecule has 21 nitrogen and oxygen atoms in total. The fraction of sp³-hybridized carbons (Fsp3) is 0.561. The Balaban J connectivity index is 0.000000272. The molecule has 0 bridgehead atoms. The number of hydrogen-bond donors (Lipinski definition) is 1. The second-order valence-electron chi connectivity index (χ2n) is 19.6. The van der Waals surface area contributed by atoms with E-state index in [0.717, 1.165) is 104 Å². The van der Waals surface area contributed by atoms with E-state index in [2.05, 4.69) is 26.3 Å². The van der Waals surface area contributed by atoms with Crippen LogP contribution >= 0.6 is 0 Å². The van der Waals surface area contributed by atoms with Gasteiger partial charge in [-0.1, -0.05) is 20.9 Å². The third kappa shape index (κ3) is 15.7. The molecule has 0 radical (unpaired) electrons. The number of fused-ring (bicyclic) bond motifs is 3. The first-order valence-electron chi connectivity index (χ1n) is 26.0. The zero-order valence-electron chi connectivity index (χ0n) is 45.6. The molecule has 3 aliphatic heterocycles. The third-order valence-electron chi connectivity index (χ3n) is 14.3. The van der Waals surface area contributed by atoms with Crippen LogP contribution in [-0.2, 0) is 83.2 Å². The first-order valence-corrected chi connectivity index (χ1v) is 26.0. The van der Waals surface area contributed by atoms with E-state index in [0.29, 0.717) is 74.9 Å². The van der Waals surface area contributed by atoms with E-state index in [4.69, 9.17) is 43.7 Å². The van der Waals surface area contributed by atoms with E-state index in [1.165, 1.54) is 49.5 Å².